The lowest BCUT2D eigenvalue weighted by Gasteiger charge is -2.36. The Morgan fingerprint density at radius 1 is 1.04 bits per heavy atom. The van der Waals surface area contributed by atoms with Crippen LogP contribution in [0.25, 0.3) is 0 Å². The highest BCUT2D eigenvalue weighted by atomic mass is 19.3. The van der Waals surface area contributed by atoms with Crippen LogP contribution in [0.1, 0.15) is 37.3 Å². The van der Waals surface area contributed by atoms with Crippen LogP contribution in [0.15, 0.2) is 36.4 Å². The van der Waals surface area contributed by atoms with Gasteiger partial charge in [0.2, 0.25) is 5.91 Å². The Morgan fingerprint density at radius 3 is 2.53 bits per heavy atom. The largest absolute Gasteiger partial charge is 0.496 e. The van der Waals surface area contributed by atoms with E-state index >= 15 is 0 Å². The molecule has 45 heavy (non-hydrogen) atoms. The Morgan fingerprint density at radius 2 is 1.82 bits per heavy atom. The van der Waals surface area contributed by atoms with Crippen molar-refractivity contribution in [2.24, 2.45) is 0 Å². The average molecular weight is 633 g/mol. The highest BCUT2D eigenvalue weighted by Gasteiger charge is 2.30. The van der Waals surface area contributed by atoms with Crippen molar-refractivity contribution in [2.75, 3.05) is 79.2 Å². The molecule has 0 spiro atoms. The summed E-state index contributed by atoms with van der Waals surface area (Å²) in [6, 6.07) is 10.6. The van der Waals surface area contributed by atoms with Gasteiger partial charge in [0.25, 0.3) is 5.92 Å². The second-order valence-corrected chi connectivity index (χ2v) is 11.8. The minimum Gasteiger partial charge on any atom is -0.496 e. The number of alkyl halides is 2. The third-order valence-corrected chi connectivity index (χ3v) is 8.14. The van der Waals surface area contributed by atoms with E-state index in [0.29, 0.717) is 62.3 Å². The smallest absolute Gasteiger partial charge is 0.324 e. The highest BCUT2D eigenvalue weighted by molar-refractivity contribution is 5.93. The number of halogens is 2. The molecule has 2 aliphatic rings. The zero-order valence-corrected chi connectivity index (χ0v) is 27.0. The molecule has 0 aromatic heterocycles. The van der Waals surface area contributed by atoms with E-state index in [0.717, 1.165) is 24.1 Å². The first-order chi connectivity index (χ1) is 21.5. The van der Waals surface area contributed by atoms with Gasteiger partial charge in [-0.15, -0.1) is 0 Å². The van der Waals surface area contributed by atoms with E-state index in [2.05, 4.69) is 4.90 Å². The second kappa shape index (κ2) is 15.6. The summed E-state index contributed by atoms with van der Waals surface area (Å²) in [6.07, 6.45) is 0.308. The maximum absolute atomic E-state index is 13.7. The van der Waals surface area contributed by atoms with Gasteiger partial charge in [0, 0.05) is 62.9 Å². The van der Waals surface area contributed by atoms with Gasteiger partial charge in [-0.2, -0.15) is 0 Å². The molecular weight excluding hydrogens is 586 g/mol. The number of anilines is 1. The number of amides is 3. The van der Waals surface area contributed by atoms with Crippen LogP contribution in [0.4, 0.5) is 19.3 Å². The maximum atomic E-state index is 13.7. The van der Waals surface area contributed by atoms with E-state index in [4.69, 9.17) is 18.9 Å². The number of benzene rings is 2. The van der Waals surface area contributed by atoms with Crippen LogP contribution in [0.2, 0.25) is 0 Å². The molecule has 0 N–H and O–H groups in total. The molecule has 2 aromatic carbocycles. The number of carbonyl (C=O) groups excluding carboxylic acids is 2. The number of nitrogens with zero attached hydrogens (tertiary/aromatic N) is 4. The topological polar surface area (TPSA) is 84.0 Å². The van der Waals surface area contributed by atoms with Crippen LogP contribution in [-0.2, 0) is 22.5 Å². The number of likely N-dealkylation sites (N-methyl/N-ethyl adjacent to an activating group) is 1. The molecule has 2 aliphatic heterocycles. The molecule has 2 saturated heterocycles. The first-order valence-electron chi connectivity index (χ1n) is 15.5. The minimum absolute atomic E-state index is 0.00731. The third-order valence-electron chi connectivity index (χ3n) is 8.14. The Bertz CT molecular complexity index is 1310. The van der Waals surface area contributed by atoms with Crippen LogP contribution in [0, 0.1) is 0 Å². The molecule has 0 saturated carbocycles. The SMILES string of the molecule is CCC(F)(F)CCOc1cc(N2CCCN(Cc3ccc(CC(=O)N4CCOC(CN(C)C)C4)cc3OC)C2=O)ccc1OC. The zero-order chi connectivity index (χ0) is 32.6. The summed E-state index contributed by atoms with van der Waals surface area (Å²) in [5.41, 5.74) is 2.27. The summed E-state index contributed by atoms with van der Waals surface area (Å²) in [5.74, 6) is -1.43. The lowest BCUT2D eigenvalue weighted by atomic mass is 10.1. The number of urea groups is 1. The number of hydrogen-bond acceptors (Lipinski definition) is 7. The number of methoxy groups -OCH3 is 2. The molecule has 3 amide bonds. The van der Waals surface area contributed by atoms with Crippen LogP contribution < -0.4 is 19.1 Å². The standard InChI is InChI=1S/C33H46F2N4O6/c1-6-33(34,35)12-16-45-30-20-26(10-11-28(30)42-4)39-14-7-13-38(32(39)41)21-25-9-8-24(18-29(25)43-5)19-31(40)37-15-17-44-27(23-37)22-36(2)3/h8-11,18,20,27H,6-7,12-17,19,21-23H2,1-5H3. The van der Waals surface area contributed by atoms with Gasteiger partial charge in [0.05, 0.1) is 46.5 Å². The molecule has 1 atom stereocenters. The van der Waals surface area contributed by atoms with Crippen LogP contribution >= 0.6 is 0 Å². The normalized spacial score (nSPS) is 17.6. The van der Waals surface area contributed by atoms with Crippen molar-refractivity contribution in [3.63, 3.8) is 0 Å². The molecule has 248 valence electrons. The van der Waals surface area contributed by atoms with E-state index in [1.807, 2.05) is 37.2 Å². The molecule has 1 unspecified atom stereocenters. The predicted molar refractivity (Wildman–Crippen MR) is 168 cm³/mol. The molecule has 2 heterocycles. The first-order valence-corrected chi connectivity index (χ1v) is 15.5. The van der Waals surface area contributed by atoms with Crippen LogP contribution in [0.5, 0.6) is 17.2 Å². The van der Waals surface area contributed by atoms with Crippen molar-refractivity contribution >= 4 is 17.6 Å². The number of rotatable bonds is 14. The van der Waals surface area contributed by atoms with E-state index in [-0.39, 0.29) is 37.5 Å². The van der Waals surface area contributed by atoms with Crippen molar-refractivity contribution < 1.29 is 37.3 Å². The fraction of sp³-hybridized carbons (Fsp3) is 0.576. The molecular formula is C33H46F2N4O6. The Kier molecular flexibility index (Phi) is 11.8. The monoisotopic (exact) mass is 632 g/mol. The lowest BCUT2D eigenvalue weighted by Crippen LogP contribution is -2.49. The van der Waals surface area contributed by atoms with Crippen molar-refractivity contribution in [2.45, 2.75) is 51.2 Å². The van der Waals surface area contributed by atoms with Crippen molar-refractivity contribution in [3.05, 3.63) is 47.5 Å². The van der Waals surface area contributed by atoms with Crippen molar-refractivity contribution in [3.8, 4) is 17.2 Å². The van der Waals surface area contributed by atoms with Gasteiger partial charge < -0.3 is 33.6 Å². The van der Waals surface area contributed by atoms with Crippen LogP contribution in [-0.4, -0.2) is 113 Å². The molecule has 0 radical (unpaired) electrons. The molecule has 2 aromatic rings. The quantitative estimate of drug-likeness (QED) is 0.299. The van der Waals surface area contributed by atoms with Gasteiger partial charge in [-0.25, -0.2) is 13.6 Å². The van der Waals surface area contributed by atoms with Gasteiger partial charge in [0.1, 0.15) is 5.75 Å². The second-order valence-electron chi connectivity index (χ2n) is 11.8. The molecule has 10 nitrogen and oxygen atoms in total. The molecule has 2 fully saturated rings. The third kappa shape index (κ3) is 9.20. The molecule has 12 heteroatoms. The zero-order valence-electron chi connectivity index (χ0n) is 27.0. The van der Waals surface area contributed by atoms with E-state index in [1.54, 1.807) is 35.1 Å². The summed E-state index contributed by atoms with van der Waals surface area (Å²) >= 11 is 0. The van der Waals surface area contributed by atoms with E-state index < -0.39 is 12.3 Å². The number of hydrogen-bond donors (Lipinski definition) is 0. The molecule has 0 bridgehead atoms. The van der Waals surface area contributed by atoms with Gasteiger partial charge >= 0.3 is 6.03 Å². The summed E-state index contributed by atoms with van der Waals surface area (Å²) in [5, 5.41) is 0. The van der Waals surface area contributed by atoms with Gasteiger partial charge in [0.15, 0.2) is 11.5 Å². The Labute approximate surface area is 264 Å². The number of morpholine rings is 1. The van der Waals surface area contributed by atoms with E-state index in [1.165, 1.54) is 14.0 Å². The first kappa shape index (κ1) is 34.2. The number of carbonyl (C=O) groups is 2. The van der Waals surface area contributed by atoms with Crippen LogP contribution in [0.3, 0.4) is 0 Å². The summed E-state index contributed by atoms with van der Waals surface area (Å²) in [7, 11) is 7.04. The summed E-state index contributed by atoms with van der Waals surface area (Å²) in [6.45, 7) is 5.08. The average Bonchev–Trinajstić information content (AvgIpc) is 3.02. The molecule has 0 aliphatic carbocycles. The maximum Gasteiger partial charge on any atom is 0.324 e. The van der Waals surface area contributed by atoms with Gasteiger partial charge in [-0.3, -0.25) is 9.69 Å². The van der Waals surface area contributed by atoms with Gasteiger partial charge in [-0.1, -0.05) is 19.1 Å². The highest BCUT2D eigenvalue weighted by Crippen LogP contribution is 2.34. The van der Waals surface area contributed by atoms with E-state index in [9.17, 15) is 18.4 Å². The van der Waals surface area contributed by atoms with Crippen molar-refractivity contribution in [1.29, 1.82) is 0 Å². The van der Waals surface area contributed by atoms with Crippen molar-refractivity contribution in [1.82, 2.24) is 14.7 Å². The Hall–Kier alpha value is -3.64. The number of ether oxygens (including phenoxy) is 4. The fourth-order valence-electron chi connectivity index (χ4n) is 5.59. The summed E-state index contributed by atoms with van der Waals surface area (Å²) in [4.78, 5) is 34.1. The lowest BCUT2D eigenvalue weighted by molar-refractivity contribution is -0.138. The summed E-state index contributed by atoms with van der Waals surface area (Å²) < 4.78 is 50.0. The Balaban J connectivity index is 1.41. The molecule has 4 rings (SSSR count). The fourth-order valence-corrected chi connectivity index (χ4v) is 5.59. The predicted octanol–water partition coefficient (Wildman–Crippen LogP) is 4.68. The minimum atomic E-state index is -2.80. The van der Waals surface area contributed by atoms with Gasteiger partial charge in [-0.05, 0) is 44.3 Å².